The van der Waals surface area contributed by atoms with E-state index in [1.54, 1.807) is 0 Å². The van der Waals surface area contributed by atoms with Crippen LogP contribution in [0.3, 0.4) is 0 Å². The van der Waals surface area contributed by atoms with Gasteiger partial charge in [-0.25, -0.2) is 4.79 Å². The fraction of sp³-hybridized carbons (Fsp3) is 0.211. The van der Waals surface area contributed by atoms with E-state index in [0.29, 0.717) is 0 Å². The number of aromatic carboxylic acids is 1. The molecule has 2 aromatic rings. The van der Waals surface area contributed by atoms with E-state index in [2.05, 4.69) is 5.32 Å². The van der Waals surface area contributed by atoms with Gasteiger partial charge in [0.25, 0.3) is 5.91 Å². The third-order valence-corrected chi connectivity index (χ3v) is 3.78. The fourth-order valence-electron chi connectivity index (χ4n) is 2.28. The molecule has 0 bridgehead atoms. The van der Waals surface area contributed by atoms with E-state index in [9.17, 15) is 22.8 Å². The Labute approximate surface area is 164 Å². The maximum Gasteiger partial charge on any atom is 0.417 e. The molecule has 0 radical (unpaired) electrons. The highest BCUT2D eigenvalue weighted by atomic mass is 35.5. The highest BCUT2D eigenvalue weighted by molar-refractivity contribution is 6.34. The van der Waals surface area contributed by atoms with Crippen LogP contribution >= 0.6 is 11.6 Å². The second-order valence-corrected chi connectivity index (χ2v) is 5.71. The number of hydrogen-bond acceptors (Lipinski definition) is 3. The minimum Gasteiger partial charge on any atom is -0.478 e. The van der Waals surface area contributed by atoms with Gasteiger partial charge in [0.2, 0.25) is 0 Å². The van der Waals surface area contributed by atoms with E-state index in [0.717, 1.165) is 24.3 Å². The van der Waals surface area contributed by atoms with Crippen LogP contribution in [-0.4, -0.2) is 22.7 Å². The van der Waals surface area contributed by atoms with E-state index in [4.69, 9.17) is 22.1 Å². The molecule has 0 saturated heterocycles. The SMILES string of the molecule is CC.CC(=N)c1ccc(C(=O)O)cc1NC(=O)c1c(Cl)cccc1C(F)(F)F. The van der Waals surface area contributed by atoms with E-state index >= 15 is 0 Å². The molecule has 150 valence electrons. The Bertz CT molecular complexity index is 912. The molecule has 0 aliphatic rings. The van der Waals surface area contributed by atoms with Crippen LogP contribution in [0.5, 0.6) is 0 Å². The maximum atomic E-state index is 13.2. The standard InChI is InChI=1S/C17H12ClF3N2O3.C2H6/c1-8(22)10-6-5-9(16(25)26)7-13(10)23-15(24)14-11(17(19,20)21)3-2-4-12(14)18;1-2/h2-7,22H,1H3,(H,23,24)(H,25,26);1-2H3. The third kappa shape index (κ3) is 5.32. The van der Waals surface area contributed by atoms with Crippen LogP contribution in [0.15, 0.2) is 36.4 Å². The van der Waals surface area contributed by atoms with Gasteiger partial charge >= 0.3 is 12.1 Å². The summed E-state index contributed by atoms with van der Waals surface area (Å²) >= 11 is 5.78. The van der Waals surface area contributed by atoms with Crippen LogP contribution in [0.1, 0.15) is 52.6 Å². The number of carbonyl (C=O) groups is 2. The van der Waals surface area contributed by atoms with Crippen LogP contribution in [0.4, 0.5) is 18.9 Å². The first-order chi connectivity index (χ1) is 13.0. The molecule has 3 N–H and O–H groups in total. The van der Waals surface area contributed by atoms with Crippen molar-refractivity contribution in [3.05, 3.63) is 63.7 Å². The summed E-state index contributed by atoms with van der Waals surface area (Å²) in [6.07, 6.45) is -4.80. The molecule has 2 aromatic carbocycles. The van der Waals surface area contributed by atoms with Crippen LogP contribution in [0, 0.1) is 5.41 Å². The second-order valence-electron chi connectivity index (χ2n) is 5.30. The van der Waals surface area contributed by atoms with E-state index in [1.165, 1.54) is 19.1 Å². The quantitative estimate of drug-likeness (QED) is 0.558. The van der Waals surface area contributed by atoms with Gasteiger partial charge in [0.05, 0.1) is 27.4 Å². The first-order valence-electron chi connectivity index (χ1n) is 8.12. The first-order valence-corrected chi connectivity index (χ1v) is 8.50. The zero-order chi connectivity index (χ0) is 21.6. The molecule has 28 heavy (non-hydrogen) atoms. The van der Waals surface area contributed by atoms with Gasteiger partial charge in [-0.1, -0.05) is 37.6 Å². The zero-order valence-electron chi connectivity index (χ0n) is 15.2. The summed E-state index contributed by atoms with van der Waals surface area (Å²) in [7, 11) is 0. The van der Waals surface area contributed by atoms with Crippen molar-refractivity contribution in [1.82, 2.24) is 0 Å². The lowest BCUT2D eigenvalue weighted by Crippen LogP contribution is -2.20. The molecule has 0 fully saturated rings. The predicted octanol–water partition coefficient (Wildman–Crippen LogP) is 5.72. The minimum absolute atomic E-state index is 0.00700. The average Bonchev–Trinajstić information content (AvgIpc) is 2.61. The van der Waals surface area contributed by atoms with Crippen molar-refractivity contribution >= 4 is 34.9 Å². The summed E-state index contributed by atoms with van der Waals surface area (Å²) in [5.41, 5.74) is -2.13. The molecule has 1 amide bonds. The molecule has 0 aromatic heterocycles. The maximum absolute atomic E-state index is 13.2. The van der Waals surface area contributed by atoms with Gasteiger partial charge in [-0.05, 0) is 31.2 Å². The molecular formula is C19H18ClF3N2O3. The first kappa shape index (κ1) is 23.2. The lowest BCUT2D eigenvalue weighted by molar-refractivity contribution is -0.137. The van der Waals surface area contributed by atoms with Crippen LogP contribution in [-0.2, 0) is 6.18 Å². The Balaban J connectivity index is 0.00000190. The Kier molecular flexibility index (Phi) is 7.75. The zero-order valence-corrected chi connectivity index (χ0v) is 16.0. The number of alkyl halides is 3. The number of hydrogen-bond donors (Lipinski definition) is 3. The van der Waals surface area contributed by atoms with Crippen molar-refractivity contribution in [3.63, 3.8) is 0 Å². The Morgan fingerprint density at radius 3 is 2.25 bits per heavy atom. The van der Waals surface area contributed by atoms with Crippen LogP contribution < -0.4 is 5.32 Å². The highest BCUT2D eigenvalue weighted by Crippen LogP contribution is 2.35. The third-order valence-electron chi connectivity index (χ3n) is 3.46. The monoisotopic (exact) mass is 414 g/mol. The lowest BCUT2D eigenvalue weighted by atomic mass is 10.0. The Hall–Kier alpha value is -2.87. The van der Waals surface area contributed by atoms with Crippen molar-refractivity contribution in [2.24, 2.45) is 0 Å². The van der Waals surface area contributed by atoms with Crippen molar-refractivity contribution < 1.29 is 27.9 Å². The van der Waals surface area contributed by atoms with E-state index in [-0.39, 0.29) is 22.5 Å². The number of rotatable bonds is 4. The van der Waals surface area contributed by atoms with Gasteiger partial charge in [0.1, 0.15) is 0 Å². The largest absolute Gasteiger partial charge is 0.478 e. The Morgan fingerprint density at radius 1 is 1.14 bits per heavy atom. The summed E-state index contributed by atoms with van der Waals surface area (Å²) in [5, 5.41) is 18.6. The molecule has 0 atom stereocenters. The van der Waals surface area contributed by atoms with Crippen molar-refractivity contribution in [3.8, 4) is 0 Å². The van der Waals surface area contributed by atoms with Gasteiger partial charge in [-0.3, -0.25) is 4.79 Å². The number of anilines is 1. The molecular weight excluding hydrogens is 397 g/mol. The van der Waals surface area contributed by atoms with Gasteiger partial charge in [0.15, 0.2) is 0 Å². The number of carbonyl (C=O) groups excluding carboxylic acids is 1. The van der Waals surface area contributed by atoms with Gasteiger partial charge in [0, 0.05) is 11.3 Å². The summed E-state index contributed by atoms with van der Waals surface area (Å²) in [6.45, 7) is 5.39. The average molecular weight is 415 g/mol. The summed E-state index contributed by atoms with van der Waals surface area (Å²) in [4.78, 5) is 23.5. The number of benzene rings is 2. The highest BCUT2D eigenvalue weighted by Gasteiger charge is 2.36. The molecule has 0 aliphatic carbocycles. The molecule has 0 spiro atoms. The summed E-state index contributed by atoms with van der Waals surface area (Å²) in [6, 6.07) is 6.51. The summed E-state index contributed by atoms with van der Waals surface area (Å²) in [5.74, 6) is -2.45. The van der Waals surface area contributed by atoms with E-state index < -0.39 is 34.2 Å². The number of carboxylic acid groups (broad SMARTS) is 1. The lowest BCUT2D eigenvalue weighted by Gasteiger charge is -2.16. The van der Waals surface area contributed by atoms with Crippen molar-refractivity contribution in [2.75, 3.05) is 5.32 Å². The van der Waals surface area contributed by atoms with Gasteiger partial charge < -0.3 is 15.8 Å². The number of carboxylic acids is 1. The van der Waals surface area contributed by atoms with Crippen LogP contribution in [0.25, 0.3) is 0 Å². The fourth-order valence-corrected chi connectivity index (χ4v) is 2.54. The topological polar surface area (TPSA) is 90.2 Å². The predicted molar refractivity (Wildman–Crippen MR) is 102 cm³/mol. The molecule has 9 heteroatoms. The van der Waals surface area contributed by atoms with E-state index in [1.807, 2.05) is 13.8 Å². The second kappa shape index (κ2) is 9.36. The summed E-state index contributed by atoms with van der Waals surface area (Å²) < 4.78 is 39.5. The minimum atomic E-state index is -4.80. The normalized spacial score (nSPS) is 10.5. The number of halogens is 4. The molecule has 0 saturated carbocycles. The molecule has 0 heterocycles. The number of amides is 1. The van der Waals surface area contributed by atoms with Gasteiger partial charge in [-0.15, -0.1) is 0 Å². The molecule has 0 unspecified atom stereocenters. The van der Waals surface area contributed by atoms with Crippen molar-refractivity contribution in [2.45, 2.75) is 26.9 Å². The molecule has 2 rings (SSSR count). The molecule has 0 aliphatic heterocycles. The van der Waals surface area contributed by atoms with Crippen molar-refractivity contribution in [1.29, 1.82) is 5.41 Å². The Morgan fingerprint density at radius 2 is 1.75 bits per heavy atom. The van der Waals surface area contributed by atoms with Crippen LogP contribution in [0.2, 0.25) is 5.02 Å². The number of nitrogens with one attached hydrogen (secondary N) is 2. The van der Waals surface area contributed by atoms with Gasteiger partial charge in [-0.2, -0.15) is 13.2 Å². The molecule has 5 nitrogen and oxygen atoms in total. The smallest absolute Gasteiger partial charge is 0.417 e.